The summed E-state index contributed by atoms with van der Waals surface area (Å²) in [7, 11) is 0. The molecular formula is C19H15ClN6. The van der Waals surface area contributed by atoms with Gasteiger partial charge in [-0.15, -0.1) is 5.10 Å². The normalized spacial score (nSPS) is 10.8. The largest absolute Gasteiger partial charge is 0.252 e. The fourth-order valence-electron chi connectivity index (χ4n) is 2.65. The smallest absolute Gasteiger partial charge is 0.138 e. The van der Waals surface area contributed by atoms with Gasteiger partial charge in [0.1, 0.15) is 6.33 Å². The molecule has 26 heavy (non-hydrogen) atoms. The monoisotopic (exact) mass is 362 g/mol. The minimum Gasteiger partial charge on any atom is -0.252 e. The molecular weight excluding hydrogens is 348 g/mol. The first kappa shape index (κ1) is 16.4. The molecule has 2 aromatic carbocycles. The topological polar surface area (TPSA) is 69.4 Å². The van der Waals surface area contributed by atoms with Crippen LogP contribution in [-0.4, -0.2) is 30.2 Å². The first-order chi connectivity index (χ1) is 12.7. The Morgan fingerprint density at radius 1 is 0.923 bits per heavy atom. The minimum atomic E-state index is 0.458. The van der Waals surface area contributed by atoms with Gasteiger partial charge in [0.25, 0.3) is 0 Å². The van der Waals surface area contributed by atoms with Crippen LogP contribution in [0.3, 0.4) is 0 Å². The molecule has 4 aromatic rings. The van der Waals surface area contributed by atoms with E-state index in [1.165, 1.54) is 5.56 Å². The van der Waals surface area contributed by atoms with Gasteiger partial charge < -0.3 is 0 Å². The van der Waals surface area contributed by atoms with E-state index >= 15 is 0 Å². The molecule has 0 aliphatic rings. The van der Waals surface area contributed by atoms with Crippen LogP contribution < -0.4 is 0 Å². The number of rotatable bonds is 4. The Balaban J connectivity index is 1.82. The molecule has 0 radical (unpaired) electrons. The molecule has 0 saturated carbocycles. The van der Waals surface area contributed by atoms with Gasteiger partial charge in [-0.05, 0) is 29.5 Å². The number of hydrogen-bond acceptors (Lipinski definition) is 5. The molecule has 0 bridgehead atoms. The van der Waals surface area contributed by atoms with Gasteiger partial charge >= 0.3 is 0 Å². The van der Waals surface area contributed by atoms with Crippen LogP contribution in [0.25, 0.3) is 22.5 Å². The quantitative estimate of drug-likeness (QED) is 0.552. The van der Waals surface area contributed by atoms with E-state index in [2.05, 4.69) is 51.7 Å². The zero-order valence-electron chi connectivity index (χ0n) is 14.0. The Morgan fingerprint density at radius 2 is 1.62 bits per heavy atom. The van der Waals surface area contributed by atoms with Gasteiger partial charge in [0.05, 0.1) is 29.8 Å². The van der Waals surface area contributed by atoms with E-state index in [0.29, 0.717) is 11.6 Å². The third kappa shape index (κ3) is 3.45. The highest BCUT2D eigenvalue weighted by atomic mass is 35.5. The molecule has 0 amide bonds. The van der Waals surface area contributed by atoms with Crippen LogP contribution in [0.15, 0.2) is 61.1 Å². The summed E-state index contributed by atoms with van der Waals surface area (Å²) in [6.07, 6.45) is 3.31. The van der Waals surface area contributed by atoms with Crippen molar-refractivity contribution in [2.24, 2.45) is 0 Å². The molecule has 0 unspecified atom stereocenters. The average molecular weight is 363 g/mol. The van der Waals surface area contributed by atoms with Crippen molar-refractivity contribution in [1.29, 1.82) is 0 Å². The van der Waals surface area contributed by atoms with Gasteiger partial charge in [-0.3, -0.25) is 4.98 Å². The molecule has 2 heterocycles. The number of halogens is 1. The van der Waals surface area contributed by atoms with Gasteiger partial charge in [0.15, 0.2) is 0 Å². The van der Waals surface area contributed by atoms with Crippen LogP contribution in [0.4, 0.5) is 0 Å². The Kier molecular flexibility index (Phi) is 4.41. The summed E-state index contributed by atoms with van der Waals surface area (Å²) in [5, 5.41) is 11.9. The molecule has 0 aliphatic heterocycles. The minimum absolute atomic E-state index is 0.458. The highest BCUT2D eigenvalue weighted by Gasteiger charge is 2.13. The number of nitrogens with zero attached hydrogens (tertiary/aromatic N) is 6. The lowest BCUT2D eigenvalue weighted by Gasteiger charge is -2.11. The van der Waals surface area contributed by atoms with E-state index in [1.807, 2.05) is 24.3 Å². The molecule has 2 aromatic heterocycles. The van der Waals surface area contributed by atoms with Gasteiger partial charge in [-0.2, -0.15) is 0 Å². The summed E-state index contributed by atoms with van der Waals surface area (Å²) in [4.78, 5) is 9.50. The van der Waals surface area contributed by atoms with Crippen LogP contribution >= 0.6 is 11.6 Å². The van der Waals surface area contributed by atoms with E-state index in [4.69, 9.17) is 16.6 Å². The Hall–Kier alpha value is -3.12. The summed E-state index contributed by atoms with van der Waals surface area (Å²) >= 11 is 6.02. The molecule has 7 heteroatoms. The molecule has 0 aliphatic carbocycles. The molecule has 0 fully saturated rings. The highest BCUT2D eigenvalue weighted by molar-refractivity contribution is 6.30. The molecule has 6 nitrogen and oxygen atoms in total. The average Bonchev–Trinajstić information content (AvgIpc) is 3.16. The number of aromatic nitrogens is 6. The van der Waals surface area contributed by atoms with Crippen molar-refractivity contribution in [2.45, 2.75) is 13.5 Å². The first-order valence-corrected chi connectivity index (χ1v) is 8.46. The molecule has 0 N–H and O–H groups in total. The fraction of sp³-hybridized carbons (Fsp3) is 0.105. The third-order valence-corrected chi connectivity index (χ3v) is 4.23. The lowest BCUT2D eigenvalue weighted by atomic mass is 10.0. The first-order valence-electron chi connectivity index (χ1n) is 8.09. The Morgan fingerprint density at radius 3 is 2.31 bits per heavy atom. The summed E-state index contributed by atoms with van der Waals surface area (Å²) in [6, 6.07) is 15.8. The van der Waals surface area contributed by atoms with E-state index < -0.39 is 0 Å². The summed E-state index contributed by atoms with van der Waals surface area (Å²) in [5.41, 5.74) is 5.58. The lowest BCUT2D eigenvalue weighted by molar-refractivity contribution is 0.636. The van der Waals surface area contributed by atoms with E-state index in [0.717, 1.165) is 28.2 Å². The zero-order valence-corrected chi connectivity index (χ0v) is 14.8. The van der Waals surface area contributed by atoms with Gasteiger partial charge in [0, 0.05) is 16.1 Å². The fourth-order valence-corrected chi connectivity index (χ4v) is 2.78. The van der Waals surface area contributed by atoms with E-state index in [-0.39, 0.29) is 0 Å². The summed E-state index contributed by atoms with van der Waals surface area (Å²) in [6.45, 7) is 2.52. The van der Waals surface area contributed by atoms with E-state index in [9.17, 15) is 0 Å². The SMILES string of the molecule is Cc1ccc(-c2nc(Cn3cnnn3)cnc2-c2ccc(Cl)cc2)cc1. The van der Waals surface area contributed by atoms with Crippen LogP contribution in [0.1, 0.15) is 11.3 Å². The predicted molar refractivity (Wildman–Crippen MR) is 99.6 cm³/mol. The maximum atomic E-state index is 6.02. The number of aryl methyl sites for hydroxylation is 1. The number of hydrogen-bond donors (Lipinski definition) is 0. The van der Waals surface area contributed by atoms with Crippen molar-refractivity contribution in [3.8, 4) is 22.5 Å². The van der Waals surface area contributed by atoms with Crippen molar-refractivity contribution >= 4 is 11.6 Å². The van der Waals surface area contributed by atoms with E-state index in [1.54, 1.807) is 17.2 Å². The summed E-state index contributed by atoms with van der Waals surface area (Å²) < 4.78 is 1.62. The Labute approximate surface area is 155 Å². The maximum Gasteiger partial charge on any atom is 0.138 e. The Bertz CT molecular complexity index is 1010. The predicted octanol–water partition coefficient (Wildman–Crippen LogP) is 3.81. The van der Waals surface area contributed by atoms with Crippen molar-refractivity contribution < 1.29 is 0 Å². The lowest BCUT2D eigenvalue weighted by Crippen LogP contribution is -2.05. The molecule has 0 atom stereocenters. The highest BCUT2D eigenvalue weighted by Crippen LogP contribution is 2.30. The number of tetrazole rings is 1. The molecule has 0 spiro atoms. The second-order valence-corrected chi connectivity index (χ2v) is 6.38. The summed E-state index contributed by atoms with van der Waals surface area (Å²) in [5.74, 6) is 0. The van der Waals surface area contributed by atoms with Crippen LogP contribution in [0.2, 0.25) is 5.02 Å². The van der Waals surface area contributed by atoms with Gasteiger partial charge in [-0.25, -0.2) is 9.67 Å². The second-order valence-electron chi connectivity index (χ2n) is 5.94. The van der Waals surface area contributed by atoms with Crippen molar-refractivity contribution in [1.82, 2.24) is 30.2 Å². The number of benzene rings is 2. The third-order valence-electron chi connectivity index (χ3n) is 3.98. The molecule has 0 saturated heterocycles. The molecule has 4 rings (SSSR count). The van der Waals surface area contributed by atoms with Crippen LogP contribution in [-0.2, 0) is 6.54 Å². The van der Waals surface area contributed by atoms with Crippen molar-refractivity contribution in [3.63, 3.8) is 0 Å². The maximum absolute atomic E-state index is 6.02. The molecule has 128 valence electrons. The zero-order chi connectivity index (χ0) is 17.9. The van der Waals surface area contributed by atoms with Crippen molar-refractivity contribution in [3.05, 3.63) is 77.3 Å². The standard InChI is InChI=1S/C19H15ClN6/c1-13-2-4-15(5-3-13)19-18(14-6-8-16(20)9-7-14)21-10-17(23-19)11-26-12-22-24-25-26/h2-10,12H,11H2,1H3. The van der Waals surface area contributed by atoms with Crippen LogP contribution in [0, 0.1) is 6.92 Å². The van der Waals surface area contributed by atoms with Gasteiger partial charge in [0.2, 0.25) is 0 Å². The van der Waals surface area contributed by atoms with Crippen LogP contribution in [0.5, 0.6) is 0 Å². The van der Waals surface area contributed by atoms with Crippen molar-refractivity contribution in [2.75, 3.05) is 0 Å². The second kappa shape index (κ2) is 7.01. The van der Waals surface area contributed by atoms with Gasteiger partial charge in [-0.1, -0.05) is 53.6 Å².